The van der Waals surface area contributed by atoms with Gasteiger partial charge in [0.05, 0.1) is 18.2 Å². The molecule has 0 spiro atoms. The highest BCUT2D eigenvalue weighted by molar-refractivity contribution is 7.98. The molecule has 1 unspecified atom stereocenters. The Kier molecular flexibility index (Phi) is 6.21. The molecule has 1 atom stereocenters. The standard InChI is InChI=1S/C25H21FN4O2S2/c1-15-21(24-28-23(29-32-24)16-8-10-19(33-2)11-9-16)22(17-5-3-6-18(26)13-17)27-25(31)30(15)14-20-7-4-12-34-20/h3-13,22H,14H2,1-2H3,(H,27,31). The number of hydrogen-bond donors (Lipinski definition) is 1. The van der Waals surface area contributed by atoms with Gasteiger partial charge in [0, 0.05) is 21.0 Å². The Labute approximate surface area is 204 Å². The number of hydrogen-bond acceptors (Lipinski definition) is 6. The molecule has 0 bridgehead atoms. The Morgan fingerprint density at radius 1 is 1.18 bits per heavy atom. The van der Waals surface area contributed by atoms with E-state index in [9.17, 15) is 9.18 Å². The van der Waals surface area contributed by atoms with Gasteiger partial charge in [-0.05, 0) is 66.6 Å². The molecule has 0 saturated heterocycles. The zero-order chi connectivity index (χ0) is 23.7. The van der Waals surface area contributed by atoms with Crippen molar-refractivity contribution in [1.82, 2.24) is 20.4 Å². The van der Waals surface area contributed by atoms with Crippen molar-refractivity contribution in [2.45, 2.75) is 24.4 Å². The molecular formula is C25H21FN4O2S2. The first kappa shape index (κ1) is 22.4. The fraction of sp³-hybridized carbons (Fsp3) is 0.160. The normalized spacial score (nSPS) is 16.1. The van der Waals surface area contributed by atoms with E-state index in [0.29, 0.717) is 29.2 Å². The predicted molar refractivity (Wildman–Crippen MR) is 132 cm³/mol. The van der Waals surface area contributed by atoms with Gasteiger partial charge >= 0.3 is 6.03 Å². The molecule has 1 N–H and O–H groups in total. The summed E-state index contributed by atoms with van der Waals surface area (Å²) in [5, 5.41) is 9.16. The molecule has 0 aliphatic carbocycles. The number of nitrogens with one attached hydrogen (secondary N) is 1. The van der Waals surface area contributed by atoms with Gasteiger partial charge in [-0.2, -0.15) is 4.98 Å². The Balaban J connectivity index is 1.58. The number of aromatic nitrogens is 2. The van der Waals surface area contributed by atoms with Gasteiger partial charge in [-0.3, -0.25) is 4.90 Å². The Morgan fingerprint density at radius 2 is 2.00 bits per heavy atom. The monoisotopic (exact) mass is 492 g/mol. The van der Waals surface area contributed by atoms with Gasteiger partial charge < -0.3 is 9.84 Å². The van der Waals surface area contributed by atoms with Gasteiger partial charge in [0.15, 0.2) is 0 Å². The molecule has 5 rings (SSSR count). The molecule has 2 aromatic heterocycles. The summed E-state index contributed by atoms with van der Waals surface area (Å²) in [5.41, 5.74) is 2.74. The van der Waals surface area contributed by atoms with Gasteiger partial charge in [-0.15, -0.1) is 23.1 Å². The Morgan fingerprint density at radius 3 is 2.71 bits per heavy atom. The van der Waals surface area contributed by atoms with Crippen molar-refractivity contribution >= 4 is 34.7 Å². The topological polar surface area (TPSA) is 71.3 Å². The third-order valence-corrected chi connectivity index (χ3v) is 7.28. The van der Waals surface area contributed by atoms with Crippen LogP contribution in [0.4, 0.5) is 9.18 Å². The lowest BCUT2D eigenvalue weighted by Gasteiger charge is -2.35. The average molecular weight is 493 g/mol. The van der Waals surface area contributed by atoms with Crippen molar-refractivity contribution in [3.8, 4) is 11.4 Å². The first-order chi connectivity index (χ1) is 16.5. The summed E-state index contributed by atoms with van der Waals surface area (Å²) in [7, 11) is 0. The smallest absolute Gasteiger partial charge is 0.322 e. The van der Waals surface area contributed by atoms with Gasteiger partial charge in [-0.25, -0.2) is 9.18 Å². The minimum atomic E-state index is -0.630. The molecule has 34 heavy (non-hydrogen) atoms. The minimum Gasteiger partial charge on any atom is -0.334 e. The number of carbonyl (C=O) groups is 1. The number of thiophene rings is 1. The van der Waals surface area contributed by atoms with Crippen molar-refractivity contribution < 1.29 is 13.7 Å². The van der Waals surface area contributed by atoms with Crippen LogP contribution < -0.4 is 5.32 Å². The first-order valence-electron chi connectivity index (χ1n) is 10.6. The molecule has 0 saturated carbocycles. The second-order valence-electron chi connectivity index (χ2n) is 7.75. The zero-order valence-corrected chi connectivity index (χ0v) is 20.1. The predicted octanol–water partition coefficient (Wildman–Crippen LogP) is 6.36. The Bertz CT molecular complexity index is 1350. The van der Waals surface area contributed by atoms with Crippen LogP contribution >= 0.6 is 23.1 Å². The molecular weight excluding hydrogens is 471 g/mol. The maximum absolute atomic E-state index is 14.1. The molecule has 0 fully saturated rings. The van der Waals surface area contributed by atoms with Crippen molar-refractivity contribution in [2.24, 2.45) is 0 Å². The fourth-order valence-corrected chi connectivity index (χ4v) is 5.03. The fourth-order valence-electron chi connectivity index (χ4n) is 3.93. The van der Waals surface area contributed by atoms with E-state index in [2.05, 4.69) is 15.5 Å². The Hall–Kier alpha value is -3.43. The minimum absolute atomic E-state index is 0.267. The van der Waals surface area contributed by atoms with Crippen LogP contribution in [0, 0.1) is 5.82 Å². The molecule has 1 aliphatic rings. The third-order valence-electron chi connectivity index (χ3n) is 5.68. The summed E-state index contributed by atoms with van der Waals surface area (Å²) < 4.78 is 19.8. The van der Waals surface area contributed by atoms with E-state index in [0.717, 1.165) is 15.3 Å². The van der Waals surface area contributed by atoms with Gasteiger partial charge in [-0.1, -0.05) is 23.4 Å². The zero-order valence-electron chi connectivity index (χ0n) is 18.5. The summed E-state index contributed by atoms with van der Waals surface area (Å²) in [6.45, 7) is 2.26. The summed E-state index contributed by atoms with van der Waals surface area (Å²) in [4.78, 5) is 21.6. The number of amides is 2. The molecule has 4 aromatic rings. The van der Waals surface area contributed by atoms with Crippen LogP contribution in [-0.4, -0.2) is 27.3 Å². The number of carbonyl (C=O) groups excluding carboxylic acids is 1. The molecule has 9 heteroatoms. The molecule has 172 valence electrons. The molecule has 1 aliphatic heterocycles. The van der Waals surface area contributed by atoms with Gasteiger partial charge in [0.25, 0.3) is 5.89 Å². The highest BCUT2D eigenvalue weighted by Crippen LogP contribution is 2.38. The van der Waals surface area contributed by atoms with Crippen LogP contribution in [0.5, 0.6) is 0 Å². The first-order valence-corrected chi connectivity index (χ1v) is 12.7. The lowest BCUT2D eigenvalue weighted by molar-refractivity contribution is 0.203. The average Bonchev–Trinajstić information content (AvgIpc) is 3.54. The van der Waals surface area contributed by atoms with Crippen LogP contribution in [0.15, 0.2) is 81.2 Å². The highest BCUT2D eigenvalue weighted by atomic mass is 32.2. The molecule has 6 nitrogen and oxygen atoms in total. The maximum Gasteiger partial charge on any atom is 0.322 e. The van der Waals surface area contributed by atoms with E-state index in [1.54, 1.807) is 40.1 Å². The van der Waals surface area contributed by atoms with Crippen molar-refractivity contribution in [3.63, 3.8) is 0 Å². The summed E-state index contributed by atoms with van der Waals surface area (Å²) >= 11 is 3.23. The molecule has 2 amide bonds. The van der Waals surface area contributed by atoms with E-state index >= 15 is 0 Å². The van der Waals surface area contributed by atoms with Crippen LogP contribution in [0.25, 0.3) is 17.0 Å². The SMILES string of the molecule is CSc1ccc(-c2noc(C3=C(C)N(Cc4cccs4)C(=O)NC3c3cccc(F)c3)n2)cc1. The summed E-state index contributed by atoms with van der Waals surface area (Å²) in [6.07, 6.45) is 2.02. The molecule has 2 aromatic carbocycles. The number of allylic oxidation sites excluding steroid dienone is 1. The molecule has 3 heterocycles. The number of urea groups is 1. The van der Waals surface area contributed by atoms with E-state index in [4.69, 9.17) is 4.52 Å². The van der Waals surface area contributed by atoms with Crippen molar-refractivity contribution in [1.29, 1.82) is 0 Å². The lowest BCUT2D eigenvalue weighted by Crippen LogP contribution is -2.45. The van der Waals surface area contributed by atoms with E-state index in [-0.39, 0.29) is 17.7 Å². The number of thioether (sulfide) groups is 1. The second kappa shape index (κ2) is 9.44. The number of nitrogens with zero attached hydrogens (tertiary/aromatic N) is 3. The largest absolute Gasteiger partial charge is 0.334 e. The highest BCUT2D eigenvalue weighted by Gasteiger charge is 2.36. The van der Waals surface area contributed by atoms with Crippen LogP contribution in [0.1, 0.15) is 29.3 Å². The van der Waals surface area contributed by atoms with E-state index < -0.39 is 6.04 Å². The van der Waals surface area contributed by atoms with E-state index in [1.165, 1.54) is 12.1 Å². The molecule has 0 radical (unpaired) electrons. The summed E-state index contributed by atoms with van der Waals surface area (Å²) in [5.74, 6) is 0.347. The summed E-state index contributed by atoms with van der Waals surface area (Å²) in [6, 6.07) is 17.1. The van der Waals surface area contributed by atoms with E-state index in [1.807, 2.05) is 55.0 Å². The maximum atomic E-state index is 14.1. The number of benzene rings is 2. The lowest BCUT2D eigenvalue weighted by atomic mass is 9.94. The number of halogens is 1. The van der Waals surface area contributed by atoms with Crippen LogP contribution in [-0.2, 0) is 6.54 Å². The van der Waals surface area contributed by atoms with Gasteiger partial charge in [0.2, 0.25) is 5.82 Å². The quantitative estimate of drug-likeness (QED) is 0.317. The number of rotatable bonds is 6. The van der Waals surface area contributed by atoms with Gasteiger partial charge in [0.1, 0.15) is 5.82 Å². The van der Waals surface area contributed by atoms with Crippen LogP contribution in [0.2, 0.25) is 0 Å². The van der Waals surface area contributed by atoms with Crippen molar-refractivity contribution in [2.75, 3.05) is 6.26 Å². The third kappa shape index (κ3) is 4.36. The van der Waals surface area contributed by atoms with Crippen LogP contribution in [0.3, 0.4) is 0 Å². The second-order valence-corrected chi connectivity index (χ2v) is 9.67. The van der Waals surface area contributed by atoms with Crippen molar-refractivity contribution in [3.05, 3.63) is 93.9 Å².